The number of nitro benzene ring substituents is 1. The second-order valence-electron chi connectivity index (χ2n) is 7.00. The first-order chi connectivity index (χ1) is 14.0. The zero-order chi connectivity index (χ0) is 20.4. The Morgan fingerprint density at radius 3 is 2.59 bits per heavy atom. The van der Waals surface area contributed by atoms with Gasteiger partial charge >= 0.3 is 0 Å². The number of carbonyl (C=O) groups is 1. The lowest BCUT2D eigenvalue weighted by atomic mass is 10.1. The predicted octanol–water partition coefficient (Wildman–Crippen LogP) is 4.88. The number of nitro groups is 1. The number of hydrogen-bond acceptors (Lipinski definition) is 6. The largest absolute Gasteiger partial charge is 0.348 e. The molecule has 1 saturated heterocycles. The van der Waals surface area contributed by atoms with E-state index in [0.717, 1.165) is 29.5 Å². The van der Waals surface area contributed by atoms with Gasteiger partial charge in [-0.05, 0) is 38.0 Å². The molecule has 2 aromatic carbocycles. The van der Waals surface area contributed by atoms with E-state index in [4.69, 9.17) is 4.98 Å². The summed E-state index contributed by atoms with van der Waals surface area (Å²) in [6, 6.07) is 11.9. The number of nitrogens with zero attached hydrogens (tertiary/aromatic N) is 3. The molecule has 1 aliphatic heterocycles. The van der Waals surface area contributed by atoms with Crippen LogP contribution in [0.25, 0.3) is 11.3 Å². The molecule has 3 aromatic rings. The zero-order valence-corrected chi connectivity index (χ0v) is 16.7. The average Bonchev–Trinajstić information content (AvgIpc) is 3.40. The SMILES string of the molecule is Cc1ccc(C(=O)Nc2ccc(-c3csc(N4CCCC4)n3)cc2)cc1[N+](=O)[O-]. The molecule has 0 radical (unpaired) electrons. The van der Waals surface area contributed by atoms with Gasteiger partial charge in [-0.1, -0.05) is 18.2 Å². The molecule has 1 N–H and O–H groups in total. The summed E-state index contributed by atoms with van der Waals surface area (Å²) >= 11 is 1.65. The van der Waals surface area contributed by atoms with E-state index in [2.05, 4.69) is 10.2 Å². The van der Waals surface area contributed by atoms with Crippen LogP contribution in [0, 0.1) is 17.0 Å². The van der Waals surface area contributed by atoms with Crippen molar-refractivity contribution in [3.8, 4) is 11.3 Å². The molecule has 2 heterocycles. The maximum atomic E-state index is 12.5. The first-order valence-corrected chi connectivity index (χ1v) is 10.3. The van der Waals surface area contributed by atoms with Crippen molar-refractivity contribution in [2.75, 3.05) is 23.3 Å². The van der Waals surface area contributed by atoms with Crippen molar-refractivity contribution >= 4 is 33.8 Å². The fourth-order valence-electron chi connectivity index (χ4n) is 3.33. The van der Waals surface area contributed by atoms with Crippen LogP contribution in [-0.4, -0.2) is 28.9 Å². The molecule has 0 unspecified atom stereocenters. The van der Waals surface area contributed by atoms with Crippen LogP contribution in [0.15, 0.2) is 47.8 Å². The molecule has 0 spiro atoms. The summed E-state index contributed by atoms with van der Waals surface area (Å²) in [7, 11) is 0. The Morgan fingerprint density at radius 1 is 1.17 bits per heavy atom. The van der Waals surface area contributed by atoms with Crippen LogP contribution in [0.2, 0.25) is 0 Å². The highest BCUT2D eigenvalue weighted by molar-refractivity contribution is 7.14. The number of thiazole rings is 1. The fraction of sp³-hybridized carbons (Fsp3) is 0.238. The van der Waals surface area contributed by atoms with Gasteiger partial charge in [0.2, 0.25) is 0 Å². The van der Waals surface area contributed by atoms with Crippen LogP contribution in [0.4, 0.5) is 16.5 Å². The third kappa shape index (κ3) is 4.12. The Labute approximate surface area is 172 Å². The molecule has 1 amide bonds. The molecule has 0 bridgehead atoms. The van der Waals surface area contributed by atoms with Crippen molar-refractivity contribution in [2.24, 2.45) is 0 Å². The normalized spacial score (nSPS) is 13.5. The smallest absolute Gasteiger partial charge is 0.273 e. The number of benzene rings is 2. The Hall–Kier alpha value is -3.26. The van der Waals surface area contributed by atoms with Gasteiger partial charge in [0.25, 0.3) is 11.6 Å². The molecule has 4 rings (SSSR count). The Bertz CT molecular complexity index is 1060. The van der Waals surface area contributed by atoms with Gasteiger partial charge in [-0.25, -0.2) is 4.98 Å². The molecular weight excluding hydrogens is 388 g/mol. The van der Waals surface area contributed by atoms with Crippen molar-refractivity contribution < 1.29 is 9.72 Å². The summed E-state index contributed by atoms with van der Waals surface area (Å²) in [4.78, 5) is 30.1. The van der Waals surface area contributed by atoms with E-state index >= 15 is 0 Å². The van der Waals surface area contributed by atoms with Crippen LogP contribution in [0.3, 0.4) is 0 Å². The second-order valence-corrected chi connectivity index (χ2v) is 7.84. The third-order valence-corrected chi connectivity index (χ3v) is 5.88. The number of aryl methyl sites for hydroxylation is 1. The standard InChI is InChI=1S/C21H20N4O3S/c1-14-4-5-16(12-19(14)25(27)28)20(26)22-17-8-6-15(7-9-17)18-13-29-21(23-18)24-10-2-3-11-24/h4-9,12-13H,2-3,10-11H2,1H3,(H,22,26). The van der Waals surface area contributed by atoms with E-state index in [-0.39, 0.29) is 17.2 Å². The van der Waals surface area contributed by atoms with E-state index in [1.807, 2.05) is 29.6 Å². The monoisotopic (exact) mass is 408 g/mol. The summed E-state index contributed by atoms with van der Waals surface area (Å²) in [6.07, 6.45) is 2.43. The molecule has 1 aliphatic rings. The van der Waals surface area contributed by atoms with Gasteiger partial charge in [0, 0.05) is 46.9 Å². The molecule has 0 atom stereocenters. The summed E-state index contributed by atoms with van der Waals surface area (Å²) < 4.78 is 0. The van der Waals surface area contributed by atoms with Crippen LogP contribution < -0.4 is 10.2 Å². The number of hydrogen-bond donors (Lipinski definition) is 1. The van der Waals surface area contributed by atoms with Gasteiger partial charge in [-0.2, -0.15) is 0 Å². The van der Waals surface area contributed by atoms with E-state index in [0.29, 0.717) is 11.3 Å². The van der Waals surface area contributed by atoms with Crippen LogP contribution >= 0.6 is 11.3 Å². The minimum Gasteiger partial charge on any atom is -0.348 e. The topological polar surface area (TPSA) is 88.4 Å². The quantitative estimate of drug-likeness (QED) is 0.480. The molecule has 1 aromatic heterocycles. The van der Waals surface area contributed by atoms with Crippen LogP contribution in [0.1, 0.15) is 28.8 Å². The van der Waals surface area contributed by atoms with Crippen LogP contribution in [0.5, 0.6) is 0 Å². The molecule has 29 heavy (non-hydrogen) atoms. The van der Waals surface area contributed by atoms with Gasteiger partial charge in [0.15, 0.2) is 5.13 Å². The molecule has 0 saturated carbocycles. The average molecular weight is 408 g/mol. The first-order valence-electron chi connectivity index (χ1n) is 9.38. The second kappa shape index (κ2) is 8.00. The van der Waals surface area contributed by atoms with E-state index in [9.17, 15) is 14.9 Å². The minimum absolute atomic E-state index is 0.0645. The van der Waals surface area contributed by atoms with Crippen molar-refractivity contribution in [2.45, 2.75) is 19.8 Å². The lowest BCUT2D eigenvalue weighted by Gasteiger charge is -2.12. The van der Waals surface area contributed by atoms with Gasteiger partial charge < -0.3 is 10.2 Å². The Morgan fingerprint density at radius 2 is 1.90 bits per heavy atom. The third-order valence-electron chi connectivity index (χ3n) is 4.98. The zero-order valence-electron chi connectivity index (χ0n) is 15.9. The predicted molar refractivity (Wildman–Crippen MR) is 115 cm³/mol. The summed E-state index contributed by atoms with van der Waals surface area (Å²) in [5, 5.41) is 17.0. The highest BCUT2D eigenvalue weighted by Gasteiger charge is 2.17. The summed E-state index contributed by atoms with van der Waals surface area (Å²) in [5.41, 5.74) is 3.23. The van der Waals surface area contributed by atoms with Gasteiger partial charge in [-0.3, -0.25) is 14.9 Å². The number of carbonyl (C=O) groups excluding carboxylic acids is 1. The highest BCUT2D eigenvalue weighted by Crippen LogP contribution is 2.30. The van der Waals surface area contributed by atoms with E-state index < -0.39 is 4.92 Å². The molecule has 7 nitrogen and oxygen atoms in total. The van der Waals surface area contributed by atoms with Gasteiger partial charge in [0.1, 0.15) is 0 Å². The minimum atomic E-state index is -0.481. The molecule has 8 heteroatoms. The maximum Gasteiger partial charge on any atom is 0.273 e. The summed E-state index contributed by atoms with van der Waals surface area (Å²) in [6.45, 7) is 3.77. The van der Waals surface area contributed by atoms with Crippen molar-refractivity contribution in [3.05, 3.63) is 69.1 Å². The first kappa shape index (κ1) is 19.1. The highest BCUT2D eigenvalue weighted by atomic mass is 32.1. The number of amides is 1. The molecule has 1 fully saturated rings. The Balaban J connectivity index is 1.46. The lowest BCUT2D eigenvalue weighted by molar-refractivity contribution is -0.385. The Kier molecular flexibility index (Phi) is 5.26. The molecular formula is C21H20N4O3S. The number of anilines is 2. The molecule has 148 valence electrons. The fourth-order valence-corrected chi connectivity index (χ4v) is 4.21. The lowest BCUT2D eigenvalue weighted by Crippen LogP contribution is -2.17. The van der Waals surface area contributed by atoms with Crippen molar-refractivity contribution in [1.82, 2.24) is 4.98 Å². The van der Waals surface area contributed by atoms with Gasteiger partial charge in [-0.15, -0.1) is 11.3 Å². The van der Waals surface area contributed by atoms with Crippen molar-refractivity contribution in [3.63, 3.8) is 0 Å². The van der Waals surface area contributed by atoms with E-state index in [1.54, 1.807) is 30.4 Å². The number of aromatic nitrogens is 1. The van der Waals surface area contributed by atoms with E-state index in [1.165, 1.54) is 18.9 Å². The molecule has 0 aliphatic carbocycles. The van der Waals surface area contributed by atoms with Gasteiger partial charge in [0.05, 0.1) is 10.6 Å². The maximum absolute atomic E-state index is 12.5. The van der Waals surface area contributed by atoms with Crippen LogP contribution in [-0.2, 0) is 0 Å². The summed E-state index contributed by atoms with van der Waals surface area (Å²) in [5.74, 6) is -0.383. The number of nitrogens with one attached hydrogen (secondary N) is 1. The van der Waals surface area contributed by atoms with Crippen molar-refractivity contribution in [1.29, 1.82) is 0 Å². The number of rotatable bonds is 5.